The van der Waals surface area contributed by atoms with Gasteiger partial charge >= 0.3 is 0 Å². The van der Waals surface area contributed by atoms with E-state index < -0.39 is 0 Å². The number of fused-ring (bicyclic) bond motifs is 3. The Balaban J connectivity index is 1.04. The van der Waals surface area contributed by atoms with Crippen molar-refractivity contribution in [2.45, 2.75) is 19.3 Å². The molecule has 1 aliphatic heterocycles. The van der Waals surface area contributed by atoms with Crippen molar-refractivity contribution in [3.05, 3.63) is 217 Å². The van der Waals surface area contributed by atoms with Gasteiger partial charge in [0.15, 0.2) is 0 Å². The zero-order chi connectivity index (χ0) is 35.8. The number of hydrogen-bond donors (Lipinski definition) is 0. The van der Waals surface area contributed by atoms with Crippen molar-refractivity contribution >= 4 is 45.3 Å². The smallest absolute Gasteiger partial charge is 0.0503 e. The van der Waals surface area contributed by atoms with Crippen LogP contribution in [0.2, 0.25) is 0 Å². The normalized spacial score (nSPS) is 13.1. The predicted molar refractivity (Wildman–Crippen MR) is 226 cm³/mol. The molecule has 0 fully saturated rings. The highest BCUT2D eigenvalue weighted by atomic mass is 15.2. The van der Waals surface area contributed by atoms with E-state index in [1.54, 1.807) is 0 Å². The lowest BCUT2D eigenvalue weighted by Crippen LogP contribution is -2.30. The van der Waals surface area contributed by atoms with Crippen LogP contribution in [0.1, 0.15) is 30.5 Å². The SMILES string of the molecule is CC1(C)c2ccccc2N(c2ccc(-c3ccccc3)cc2)c2ccc(-c3ccc(/C=C/N(c4ccccc4)c4ccc5ccccc5c4)cc3)cc21. The zero-order valence-electron chi connectivity index (χ0n) is 30.0. The van der Waals surface area contributed by atoms with Crippen molar-refractivity contribution in [1.82, 2.24) is 0 Å². The van der Waals surface area contributed by atoms with Crippen LogP contribution >= 0.6 is 0 Å². The minimum absolute atomic E-state index is 0.172. The van der Waals surface area contributed by atoms with Crippen molar-refractivity contribution < 1.29 is 0 Å². The second-order valence-electron chi connectivity index (χ2n) is 14.3. The Morgan fingerprint density at radius 2 is 1.02 bits per heavy atom. The van der Waals surface area contributed by atoms with Gasteiger partial charge in [-0.2, -0.15) is 0 Å². The summed E-state index contributed by atoms with van der Waals surface area (Å²) in [6, 6.07) is 70.0. The van der Waals surface area contributed by atoms with Crippen molar-refractivity contribution in [2.75, 3.05) is 9.80 Å². The van der Waals surface area contributed by atoms with Crippen molar-refractivity contribution in [2.24, 2.45) is 0 Å². The van der Waals surface area contributed by atoms with Gasteiger partial charge in [-0.05, 0) is 110 Å². The first-order valence-corrected chi connectivity index (χ1v) is 18.3. The molecule has 0 N–H and O–H groups in total. The third kappa shape index (κ3) is 6.09. The van der Waals surface area contributed by atoms with E-state index in [0.717, 1.165) is 22.6 Å². The maximum atomic E-state index is 2.43. The summed E-state index contributed by atoms with van der Waals surface area (Å²) >= 11 is 0. The summed E-state index contributed by atoms with van der Waals surface area (Å²) in [7, 11) is 0. The molecule has 254 valence electrons. The van der Waals surface area contributed by atoms with E-state index in [4.69, 9.17) is 0 Å². The van der Waals surface area contributed by atoms with Gasteiger partial charge in [-0.25, -0.2) is 0 Å². The summed E-state index contributed by atoms with van der Waals surface area (Å²) in [5.74, 6) is 0. The molecule has 0 amide bonds. The Morgan fingerprint density at radius 1 is 0.434 bits per heavy atom. The Hall–Kier alpha value is -6.64. The van der Waals surface area contributed by atoms with Gasteiger partial charge in [0.05, 0.1) is 11.4 Å². The number of rotatable bonds is 7. The van der Waals surface area contributed by atoms with Crippen LogP contribution in [0.5, 0.6) is 0 Å². The largest absolute Gasteiger partial charge is 0.317 e. The van der Waals surface area contributed by atoms with Gasteiger partial charge in [-0.1, -0.05) is 153 Å². The minimum atomic E-state index is -0.172. The average Bonchev–Trinajstić information content (AvgIpc) is 3.22. The Morgan fingerprint density at radius 3 is 1.79 bits per heavy atom. The van der Waals surface area contributed by atoms with Crippen LogP contribution < -0.4 is 9.80 Å². The van der Waals surface area contributed by atoms with Crippen LogP contribution in [0.4, 0.5) is 28.4 Å². The van der Waals surface area contributed by atoms with Crippen molar-refractivity contribution in [1.29, 1.82) is 0 Å². The number of nitrogens with zero attached hydrogens (tertiary/aromatic N) is 2. The van der Waals surface area contributed by atoms with Gasteiger partial charge in [-0.15, -0.1) is 0 Å². The molecule has 0 saturated carbocycles. The van der Waals surface area contributed by atoms with E-state index in [2.05, 4.69) is 230 Å². The van der Waals surface area contributed by atoms with Crippen molar-refractivity contribution in [3.8, 4) is 22.3 Å². The van der Waals surface area contributed by atoms with Gasteiger partial charge in [0.1, 0.15) is 0 Å². The molecule has 53 heavy (non-hydrogen) atoms. The second kappa shape index (κ2) is 13.5. The summed E-state index contributed by atoms with van der Waals surface area (Å²) in [4.78, 5) is 4.68. The number of benzene rings is 8. The van der Waals surface area contributed by atoms with Gasteiger partial charge in [0, 0.05) is 28.7 Å². The number of para-hydroxylation sites is 2. The summed E-state index contributed by atoms with van der Waals surface area (Å²) in [6.07, 6.45) is 4.37. The Bertz CT molecular complexity index is 2570. The Labute approximate surface area is 312 Å². The fourth-order valence-corrected chi connectivity index (χ4v) is 7.78. The molecular weight excluding hydrogens is 641 g/mol. The number of hydrogen-bond acceptors (Lipinski definition) is 2. The van der Waals surface area contributed by atoms with Crippen molar-refractivity contribution in [3.63, 3.8) is 0 Å². The van der Waals surface area contributed by atoms with Crippen LogP contribution in [0.15, 0.2) is 200 Å². The summed E-state index contributed by atoms with van der Waals surface area (Å²) in [5.41, 5.74) is 14.3. The standard InChI is InChI=1S/C51H40N2/c1-51(2)47-19-11-12-20-49(47)53(45-29-25-40(26-30-45)38-13-5-3-6-14-38)50-32-28-43(36-48(50)51)41-23-21-37(22-24-41)33-34-52(44-17-7-4-8-18-44)46-31-27-39-15-9-10-16-42(39)35-46/h3-36H,1-2H3/b34-33+. The first-order valence-electron chi connectivity index (χ1n) is 18.3. The number of anilines is 5. The monoisotopic (exact) mass is 680 g/mol. The second-order valence-corrected chi connectivity index (χ2v) is 14.3. The molecule has 1 aliphatic rings. The molecule has 8 aromatic rings. The molecule has 0 bridgehead atoms. The zero-order valence-corrected chi connectivity index (χ0v) is 30.0. The van der Waals surface area contributed by atoms with Crippen LogP contribution in [0.3, 0.4) is 0 Å². The molecule has 2 heteroatoms. The van der Waals surface area contributed by atoms with E-state index in [0.29, 0.717) is 0 Å². The molecule has 0 unspecified atom stereocenters. The summed E-state index contributed by atoms with van der Waals surface area (Å²) in [5, 5.41) is 2.47. The third-order valence-corrected chi connectivity index (χ3v) is 10.7. The van der Waals surface area contributed by atoms with E-state index >= 15 is 0 Å². The highest BCUT2D eigenvalue weighted by molar-refractivity contribution is 5.89. The molecule has 0 atom stereocenters. The average molecular weight is 681 g/mol. The molecule has 0 aromatic heterocycles. The first-order chi connectivity index (χ1) is 26.0. The van der Waals surface area contributed by atoms with Crippen LogP contribution in [0.25, 0.3) is 39.1 Å². The molecule has 8 aromatic carbocycles. The molecule has 2 nitrogen and oxygen atoms in total. The van der Waals surface area contributed by atoms with E-state index in [-0.39, 0.29) is 5.41 Å². The molecule has 9 rings (SSSR count). The van der Waals surface area contributed by atoms with Crippen LogP contribution in [-0.2, 0) is 5.41 Å². The molecule has 0 aliphatic carbocycles. The van der Waals surface area contributed by atoms with Crippen LogP contribution in [-0.4, -0.2) is 0 Å². The lowest BCUT2D eigenvalue weighted by atomic mass is 9.73. The minimum Gasteiger partial charge on any atom is -0.317 e. The van der Waals surface area contributed by atoms with E-state index in [1.165, 1.54) is 55.5 Å². The molecule has 0 radical (unpaired) electrons. The molecule has 0 saturated heterocycles. The van der Waals surface area contributed by atoms with Crippen LogP contribution in [0, 0.1) is 0 Å². The van der Waals surface area contributed by atoms with E-state index in [1.807, 2.05) is 0 Å². The van der Waals surface area contributed by atoms with Gasteiger partial charge in [0.2, 0.25) is 0 Å². The van der Waals surface area contributed by atoms with Gasteiger partial charge in [-0.3, -0.25) is 0 Å². The third-order valence-electron chi connectivity index (χ3n) is 10.7. The highest BCUT2D eigenvalue weighted by Gasteiger charge is 2.37. The molecule has 1 heterocycles. The first kappa shape index (κ1) is 32.3. The lowest BCUT2D eigenvalue weighted by Gasteiger charge is -2.42. The fourth-order valence-electron chi connectivity index (χ4n) is 7.78. The van der Waals surface area contributed by atoms with Gasteiger partial charge in [0.25, 0.3) is 0 Å². The molecule has 0 spiro atoms. The predicted octanol–water partition coefficient (Wildman–Crippen LogP) is 14.1. The summed E-state index contributed by atoms with van der Waals surface area (Å²) < 4.78 is 0. The molecular formula is C51H40N2. The maximum absolute atomic E-state index is 2.43. The summed E-state index contributed by atoms with van der Waals surface area (Å²) in [6.45, 7) is 4.71. The maximum Gasteiger partial charge on any atom is 0.0503 e. The lowest BCUT2D eigenvalue weighted by molar-refractivity contribution is 0.632. The highest BCUT2D eigenvalue weighted by Crippen LogP contribution is 2.52. The fraction of sp³-hybridized carbons (Fsp3) is 0.0588. The quantitative estimate of drug-likeness (QED) is 0.165. The van der Waals surface area contributed by atoms with Gasteiger partial charge < -0.3 is 9.80 Å². The topological polar surface area (TPSA) is 6.48 Å². The van der Waals surface area contributed by atoms with E-state index in [9.17, 15) is 0 Å². The Kier molecular flexibility index (Phi) is 8.21.